The Kier molecular flexibility index (Phi) is 6.61. The minimum absolute atomic E-state index is 0.131. The Morgan fingerprint density at radius 2 is 2.00 bits per heavy atom. The van der Waals surface area contributed by atoms with E-state index in [9.17, 15) is 4.79 Å². The quantitative estimate of drug-likeness (QED) is 0.387. The summed E-state index contributed by atoms with van der Waals surface area (Å²) in [7, 11) is 1.91. The van der Waals surface area contributed by atoms with Crippen molar-refractivity contribution in [2.45, 2.75) is 53.0 Å². The molecule has 0 aromatic carbocycles. The highest BCUT2D eigenvalue weighted by atomic mass is 16.5. The zero-order valence-electron chi connectivity index (χ0n) is 21.2. The molecular formula is C25H29N9O2. The number of amides is 1. The lowest BCUT2D eigenvalue weighted by Gasteiger charge is -2.19. The van der Waals surface area contributed by atoms with Crippen molar-refractivity contribution in [3.63, 3.8) is 0 Å². The number of hydrogen-bond donors (Lipinski definition) is 2. The molecule has 186 valence electrons. The fraction of sp³-hybridized carbons (Fsp3) is 0.360. The van der Waals surface area contributed by atoms with Gasteiger partial charge in [-0.05, 0) is 13.0 Å². The maximum atomic E-state index is 11.3. The fourth-order valence-corrected chi connectivity index (χ4v) is 3.94. The van der Waals surface area contributed by atoms with Crippen molar-refractivity contribution in [2.24, 2.45) is 7.05 Å². The summed E-state index contributed by atoms with van der Waals surface area (Å²) in [5.41, 5.74) is 3.28. The number of rotatable bonds is 7. The minimum atomic E-state index is -0.213. The van der Waals surface area contributed by atoms with E-state index in [2.05, 4.69) is 52.5 Å². The Labute approximate surface area is 209 Å². The molecule has 1 amide bonds. The molecular weight excluding hydrogens is 458 g/mol. The number of carbonyl (C=O) groups excluding carboxylic acids is 1. The first-order chi connectivity index (χ1) is 17.1. The van der Waals surface area contributed by atoms with Gasteiger partial charge in [0, 0.05) is 49.0 Å². The highest BCUT2D eigenvalue weighted by Gasteiger charge is 2.22. The summed E-state index contributed by atoms with van der Waals surface area (Å²) < 4.78 is 9.81. The molecule has 0 unspecified atom stereocenters. The molecule has 11 nitrogen and oxygen atoms in total. The normalized spacial score (nSPS) is 11.4. The van der Waals surface area contributed by atoms with Crippen LogP contribution >= 0.6 is 0 Å². The molecule has 4 aromatic rings. The second-order valence-electron chi connectivity index (χ2n) is 9.50. The van der Waals surface area contributed by atoms with Crippen molar-refractivity contribution in [3.05, 3.63) is 41.9 Å². The average molecular weight is 488 g/mol. The van der Waals surface area contributed by atoms with Gasteiger partial charge in [-0.2, -0.15) is 10.4 Å². The fourth-order valence-electron chi connectivity index (χ4n) is 3.94. The second-order valence-corrected chi connectivity index (χ2v) is 9.50. The van der Waals surface area contributed by atoms with Crippen molar-refractivity contribution in [3.8, 4) is 17.7 Å². The number of aryl methyl sites for hydroxylation is 3. The first kappa shape index (κ1) is 24.7. The van der Waals surface area contributed by atoms with Gasteiger partial charge in [0.2, 0.25) is 17.7 Å². The Bertz CT molecular complexity index is 1470. The van der Waals surface area contributed by atoms with Crippen LogP contribution in [-0.2, 0) is 23.8 Å². The van der Waals surface area contributed by atoms with Gasteiger partial charge >= 0.3 is 0 Å². The Balaban J connectivity index is 1.64. The number of nitrogens with one attached hydrogen (secondary N) is 2. The predicted octanol–water partition coefficient (Wildman–Crippen LogP) is 4.57. The maximum Gasteiger partial charge on any atom is 0.224 e. The summed E-state index contributed by atoms with van der Waals surface area (Å²) in [6.07, 6.45) is 3.60. The molecule has 0 bridgehead atoms. The number of pyridine rings is 2. The van der Waals surface area contributed by atoms with Gasteiger partial charge in [-0.15, -0.1) is 0 Å². The van der Waals surface area contributed by atoms with E-state index in [4.69, 9.17) is 15.0 Å². The number of nitriles is 1. The zero-order chi connectivity index (χ0) is 26.0. The van der Waals surface area contributed by atoms with E-state index >= 15 is 0 Å². The summed E-state index contributed by atoms with van der Waals surface area (Å²) in [4.78, 5) is 24.6. The maximum absolute atomic E-state index is 11.3. The Morgan fingerprint density at radius 1 is 1.22 bits per heavy atom. The number of anilines is 3. The summed E-state index contributed by atoms with van der Waals surface area (Å²) >= 11 is 0. The summed E-state index contributed by atoms with van der Waals surface area (Å²) in [6, 6.07) is 7.51. The predicted molar refractivity (Wildman–Crippen MR) is 136 cm³/mol. The van der Waals surface area contributed by atoms with Crippen LogP contribution in [0.15, 0.2) is 30.6 Å². The van der Waals surface area contributed by atoms with Crippen LogP contribution in [0.25, 0.3) is 11.0 Å². The van der Waals surface area contributed by atoms with E-state index in [1.165, 1.54) is 6.92 Å². The van der Waals surface area contributed by atoms with Crippen molar-refractivity contribution >= 4 is 34.5 Å². The van der Waals surface area contributed by atoms with Crippen molar-refractivity contribution in [1.29, 1.82) is 5.26 Å². The van der Waals surface area contributed by atoms with E-state index in [1.54, 1.807) is 24.5 Å². The molecule has 0 radical (unpaired) electrons. The van der Waals surface area contributed by atoms with Crippen molar-refractivity contribution < 1.29 is 9.53 Å². The summed E-state index contributed by atoms with van der Waals surface area (Å²) in [6.45, 7) is 10.2. The van der Waals surface area contributed by atoms with Gasteiger partial charge in [0.25, 0.3) is 0 Å². The number of nitrogens with zero attached hydrogens (tertiary/aromatic N) is 7. The van der Waals surface area contributed by atoms with E-state index in [0.29, 0.717) is 47.7 Å². The number of ether oxygens (including phenoxy) is 1. The molecule has 4 rings (SSSR count). The van der Waals surface area contributed by atoms with E-state index in [0.717, 1.165) is 16.8 Å². The highest BCUT2D eigenvalue weighted by Crippen LogP contribution is 2.32. The molecule has 36 heavy (non-hydrogen) atoms. The molecule has 4 heterocycles. The molecule has 0 saturated carbocycles. The third-order valence-corrected chi connectivity index (χ3v) is 5.58. The summed E-state index contributed by atoms with van der Waals surface area (Å²) in [5, 5.41) is 19.6. The van der Waals surface area contributed by atoms with E-state index in [1.807, 2.05) is 29.3 Å². The zero-order valence-corrected chi connectivity index (χ0v) is 21.2. The van der Waals surface area contributed by atoms with Crippen LogP contribution in [0.2, 0.25) is 0 Å². The smallest absolute Gasteiger partial charge is 0.224 e. The van der Waals surface area contributed by atoms with Gasteiger partial charge in [0.1, 0.15) is 17.1 Å². The molecule has 0 aliphatic rings. The van der Waals surface area contributed by atoms with Crippen LogP contribution in [0.1, 0.15) is 45.4 Å². The van der Waals surface area contributed by atoms with Crippen LogP contribution < -0.4 is 15.4 Å². The van der Waals surface area contributed by atoms with Gasteiger partial charge in [0.05, 0.1) is 30.7 Å². The summed E-state index contributed by atoms with van der Waals surface area (Å²) in [5.74, 6) is 2.37. The van der Waals surface area contributed by atoms with E-state index < -0.39 is 0 Å². The van der Waals surface area contributed by atoms with Crippen molar-refractivity contribution in [1.82, 2.24) is 29.3 Å². The van der Waals surface area contributed by atoms with Crippen LogP contribution in [-0.4, -0.2) is 35.2 Å². The van der Waals surface area contributed by atoms with Crippen LogP contribution in [0.5, 0.6) is 11.6 Å². The molecule has 11 heteroatoms. The SMILES string of the molecule is CC(=O)Nc1cc(Oc2ncc3nc(Nc4cc(C(C)(C)C)n(CCC#N)n4)n(C)c3c2C)ccn1. The Hall–Kier alpha value is -4.46. The number of hydrogen-bond acceptors (Lipinski definition) is 8. The third kappa shape index (κ3) is 5.12. The topological polar surface area (TPSA) is 136 Å². The van der Waals surface area contributed by atoms with Gasteiger partial charge < -0.3 is 19.9 Å². The molecule has 0 aliphatic carbocycles. The average Bonchev–Trinajstić information content (AvgIpc) is 3.35. The molecule has 0 atom stereocenters. The van der Waals surface area contributed by atoms with E-state index in [-0.39, 0.29) is 11.3 Å². The largest absolute Gasteiger partial charge is 0.438 e. The van der Waals surface area contributed by atoms with Crippen LogP contribution in [0, 0.1) is 18.3 Å². The molecule has 4 aromatic heterocycles. The lowest BCUT2D eigenvalue weighted by molar-refractivity contribution is -0.114. The van der Waals surface area contributed by atoms with Gasteiger partial charge in [-0.25, -0.2) is 15.0 Å². The van der Waals surface area contributed by atoms with Crippen molar-refractivity contribution in [2.75, 3.05) is 10.6 Å². The first-order valence-corrected chi connectivity index (χ1v) is 11.5. The molecule has 0 saturated heterocycles. The van der Waals surface area contributed by atoms with Gasteiger partial charge in [0.15, 0.2) is 5.82 Å². The van der Waals surface area contributed by atoms with Gasteiger partial charge in [-0.3, -0.25) is 9.48 Å². The lowest BCUT2D eigenvalue weighted by Crippen LogP contribution is -2.18. The number of aromatic nitrogens is 6. The van der Waals surface area contributed by atoms with Crippen LogP contribution in [0.3, 0.4) is 0 Å². The Morgan fingerprint density at radius 3 is 2.69 bits per heavy atom. The number of fused-ring (bicyclic) bond motifs is 1. The molecule has 2 N–H and O–H groups in total. The molecule has 0 aliphatic heterocycles. The lowest BCUT2D eigenvalue weighted by atomic mass is 9.92. The monoisotopic (exact) mass is 487 g/mol. The molecule has 0 fully saturated rings. The first-order valence-electron chi connectivity index (χ1n) is 11.5. The standard InChI is InChI=1S/C25H29N9O2/c1-15-22-18(14-28-23(15)36-17-8-10-27-20(12-17)29-16(2)35)30-24(33(22)6)31-21-13-19(25(3,4)5)34(32-21)11-7-9-26/h8,10,12-14H,7,11H2,1-6H3,(H,27,29,35)(H,30,31,32). The van der Waals surface area contributed by atoms with Crippen LogP contribution in [0.4, 0.5) is 17.6 Å². The third-order valence-electron chi connectivity index (χ3n) is 5.58. The molecule has 0 spiro atoms. The number of carbonyl (C=O) groups is 1. The second kappa shape index (κ2) is 9.65. The van der Waals surface area contributed by atoms with Gasteiger partial charge in [-0.1, -0.05) is 20.8 Å². The highest BCUT2D eigenvalue weighted by molar-refractivity contribution is 5.87. The minimum Gasteiger partial charge on any atom is -0.438 e. The number of imidazole rings is 1.